The van der Waals surface area contributed by atoms with Gasteiger partial charge in [-0.1, -0.05) is 12.1 Å². The molecule has 1 saturated heterocycles. The van der Waals surface area contributed by atoms with Gasteiger partial charge in [0.2, 0.25) is 5.91 Å². The van der Waals surface area contributed by atoms with Gasteiger partial charge in [0, 0.05) is 18.0 Å². The van der Waals surface area contributed by atoms with E-state index >= 15 is 0 Å². The second-order valence-corrected chi connectivity index (χ2v) is 7.63. The highest BCUT2D eigenvalue weighted by Gasteiger charge is 2.46. The highest BCUT2D eigenvalue weighted by molar-refractivity contribution is 5.81. The van der Waals surface area contributed by atoms with E-state index in [-0.39, 0.29) is 11.5 Å². The lowest BCUT2D eigenvalue weighted by Crippen LogP contribution is -2.45. The summed E-state index contributed by atoms with van der Waals surface area (Å²) >= 11 is 0. The van der Waals surface area contributed by atoms with Crippen molar-refractivity contribution in [2.24, 2.45) is 5.92 Å². The first-order valence-corrected chi connectivity index (χ1v) is 9.29. The normalized spacial score (nSPS) is 24.7. The molecule has 0 radical (unpaired) electrons. The number of likely N-dealkylation sites (tertiary alicyclic amines) is 1. The zero-order chi connectivity index (χ0) is 17.7. The van der Waals surface area contributed by atoms with E-state index in [1.54, 1.807) is 7.11 Å². The van der Waals surface area contributed by atoms with Crippen LogP contribution in [-0.4, -0.2) is 46.2 Å². The Morgan fingerprint density at radius 1 is 1.35 bits per heavy atom. The molecule has 1 unspecified atom stereocenters. The number of amides is 1. The van der Waals surface area contributed by atoms with E-state index < -0.39 is 0 Å². The molecule has 5 rings (SSSR count). The summed E-state index contributed by atoms with van der Waals surface area (Å²) in [7, 11) is 1.68. The molecule has 0 bridgehead atoms. The van der Waals surface area contributed by atoms with Crippen LogP contribution in [0, 0.1) is 5.92 Å². The van der Waals surface area contributed by atoms with Crippen molar-refractivity contribution >= 4 is 5.91 Å². The SMILES string of the molecule is COc1cccc(-c2cnc3n2CC2(CCN(C(=O)C4CC4)C2)OC3)c1. The van der Waals surface area contributed by atoms with Crippen molar-refractivity contribution < 1.29 is 14.3 Å². The monoisotopic (exact) mass is 353 g/mol. The van der Waals surface area contributed by atoms with Crippen molar-refractivity contribution in [3.8, 4) is 17.0 Å². The molecular weight excluding hydrogens is 330 g/mol. The molecule has 2 fully saturated rings. The van der Waals surface area contributed by atoms with Crippen LogP contribution in [-0.2, 0) is 22.7 Å². The molecule has 1 amide bonds. The minimum Gasteiger partial charge on any atom is -0.497 e. The van der Waals surface area contributed by atoms with Crippen LogP contribution in [0.25, 0.3) is 11.3 Å². The predicted molar refractivity (Wildman–Crippen MR) is 95.7 cm³/mol. The van der Waals surface area contributed by atoms with Crippen LogP contribution in [0.2, 0.25) is 0 Å². The molecule has 1 aromatic carbocycles. The molecule has 0 N–H and O–H groups in total. The van der Waals surface area contributed by atoms with E-state index in [4.69, 9.17) is 9.47 Å². The molecule has 1 saturated carbocycles. The zero-order valence-corrected chi connectivity index (χ0v) is 15.0. The van der Waals surface area contributed by atoms with Crippen molar-refractivity contribution in [1.29, 1.82) is 0 Å². The van der Waals surface area contributed by atoms with Crippen LogP contribution in [0.5, 0.6) is 5.75 Å². The molecule has 1 aliphatic carbocycles. The molecule has 26 heavy (non-hydrogen) atoms. The predicted octanol–water partition coefficient (Wildman–Crippen LogP) is 2.47. The van der Waals surface area contributed by atoms with Crippen molar-refractivity contribution in [3.63, 3.8) is 0 Å². The number of hydrogen-bond donors (Lipinski definition) is 0. The molecular formula is C20H23N3O3. The number of benzene rings is 1. The van der Waals surface area contributed by atoms with E-state index in [2.05, 4.69) is 15.6 Å². The first-order chi connectivity index (χ1) is 12.7. The number of ether oxygens (including phenoxy) is 2. The zero-order valence-electron chi connectivity index (χ0n) is 15.0. The molecule has 2 aliphatic heterocycles. The second-order valence-electron chi connectivity index (χ2n) is 7.63. The maximum absolute atomic E-state index is 12.4. The van der Waals surface area contributed by atoms with Crippen LogP contribution >= 0.6 is 0 Å². The Kier molecular flexibility index (Phi) is 3.57. The maximum Gasteiger partial charge on any atom is 0.225 e. The Hall–Kier alpha value is -2.34. The third kappa shape index (κ3) is 2.60. The fraction of sp³-hybridized carbons (Fsp3) is 0.500. The standard InChI is InChI=1S/C20H23N3O3/c1-25-16-4-2-3-15(9-16)17-10-21-18-11-26-20(13-23(17)18)7-8-22(12-20)19(24)14-5-6-14/h2-4,9-10,14H,5-8,11-13H2,1H3. The lowest BCUT2D eigenvalue weighted by Gasteiger charge is -2.35. The van der Waals surface area contributed by atoms with Gasteiger partial charge < -0.3 is 18.9 Å². The average molecular weight is 353 g/mol. The minimum absolute atomic E-state index is 0.268. The first-order valence-electron chi connectivity index (χ1n) is 9.29. The fourth-order valence-electron chi connectivity index (χ4n) is 4.14. The van der Waals surface area contributed by atoms with Crippen LogP contribution in [0.15, 0.2) is 30.5 Å². The van der Waals surface area contributed by atoms with Crippen molar-refractivity contribution in [2.45, 2.75) is 38.0 Å². The molecule has 3 heterocycles. The van der Waals surface area contributed by atoms with Gasteiger partial charge in [-0.25, -0.2) is 4.98 Å². The van der Waals surface area contributed by atoms with Gasteiger partial charge in [0.25, 0.3) is 0 Å². The Balaban J connectivity index is 1.42. The average Bonchev–Trinajstić information content (AvgIpc) is 3.33. The summed E-state index contributed by atoms with van der Waals surface area (Å²) in [6.45, 7) is 2.73. The van der Waals surface area contributed by atoms with Gasteiger partial charge >= 0.3 is 0 Å². The van der Waals surface area contributed by atoms with E-state index in [1.165, 1.54) is 0 Å². The molecule has 1 aromatic heterocycles. The summed E-state index contributed by atoms with van der Waals surface area (Å²) in [5.41, 5.74) is 1.88. The first kappa shape index (κ1) is 15.9. The third-order valence-corrected chi connectivity index (χ3v) is 5.81. The molecule has 6 nitrogen and oxygen atoms in total. The lowest BCUT2D eigenvalue weighted by atomic mass is 10.0. The lowest BCUT2D eigenvalue weighted by molar-refractivity contribution is -0.134. The molecule has 6 heteroatoms. The number of carbonyl (C=O) groups excluding carboxylic acids is 1. The quantitative estimate of drug-likeness (QED) is 0.851. The number of carbonyl (C=O) groups is 1. The number of nitrogens with zero attached hydrogens (tertiary/aromatic N) is 3. The maximum atomic E-state index is 12.4. The molecule has 2 aromatic rings. The summed E-state index contributed by atoms with van der Waals surface area (Å²) in [4.78, 5) is 19.0. The molecule has 1 spiro atoms. The van der Waals surface area contributed by atoms with Crippen molar-refractivity contribution in [1.82, 2.24) is 14.5 Å². The summed E-state index contributed by atoms with van der Waals surface area (Å²) in [6.07, 6.45) is 4.90. The summed E-state index contributed by atoms with van der Waals surface area (Å²) in [5, 5.41) is 0. The molecule has 1 atom stereocenters. The number of imidazole rings is 1. The summed E-state index contributed by atoms with van der Waals surface area (Å²) in [6, 6.07) is 8.05. The van der Waals surface area contributed by atoms with E-state index in [9.17, 15) is 4.79 Å². The number of fused-ring (bicyclic) bond motifs is 1. The van der Waals surface area contributed by atoms with E-state index in [0.29, 0.717) is 19.1 Å². The fourth-order valence-corrected chi connectivity index (χ4v) is 4.14. The Bertz CT molecular complexity index is 858. The smallest absolute Gasteiger partial charge is 0.225 e. The third-order valence-electron chi connectivity index (χ3n) is 5.81. The van der Waals surface area contributed by atoms with Gasteiger partial charge in [-0.2, -0.15) is 0 Å². The number of aromatic nitrogens is 2. The highest BCUT2D eigenvalue weighted by Crippen LogP contribution is 2.38. The van der Waals surface area contributed by atoms with Crippen LogP contribution in [0.1, 0.15) is 25.1 Å². The van der Waals surface area contributed by atoms with Gasteiger partial charge in [-0.15, -0.1) is 0 Å². The van der Waals surface area contributed by atoms with Crippen LogP contribution < -0.4 is 4.74 Å². The number of methoxy groups -OCH3 is 1. The summed E-state index contributed by atoms with van der Waals surface area (Å²) < 4.78 is 13.8. The van der Waals surface area contributed by atoms with Crippen molar-refractivity contribution in [3.05, 3.63) is 36.3 Å². The number of rotatable bonds is 3. The Morgan fingerprint density at radius 2 is 2.23 bits per heavy atom. The highest BCUT2D eigenvalue weighted by atomic mass is 16.5. The topological polar surface area (TPSA) is 56.6 Å². The van der Waals surface area contributed by atoms with Gasteiger partial charge in [0.05, 0.1) is 32.1 Å². The number of hydrogen-bond acceptors (Lipinski definition) is 4. The second kappa shape index (κ2) is 5.84. The van der Waals surface area contributed by atoms with E-state index in [0.717, 1.165) is 55.2 Å². The van der Waals surface area contributed by atoms with Crippen LogP contribution in [0.4, 0.5) is 0 Å². The Labute approximate surface area is 152 Å². The van der Waals surface area contributed by atoms with Crippen molar-refractivity contribution in [2.75, 3.05) is 20.2 Å². The van der Waals surface area contributed by atoms with Gasteiger partial charge in [0.15, 0.2) is 0 Å². The van der Waals surface area contributed by atoms with Gasteiger partial charge in [0.1, 0.15) is 23.8 Å². The largest absolute Gasteiger partial charge is 0.497 e. The molecule has 136 valence electrons. The summed E-state index contributed by atoms with van der Waals surface area (Å²) in [5.74, 6) is 2.36. The minimum atomic E-state index is -0.286. The Morgan fingerprint density at radius 3 is 3.04 bits per heavy atom. The van der Waals surface area contributed by atoms with Gasteiger partial charge in [-0.05, 0) is 31.4 Å². The van der Waals surface area contributed by atoms with E-state index in [1.807, 2.05) is 29.3 Å². The van der Waals surface area contributed by atoms with Crippen LogP contribution in [0.3, 0.4) is 0 Å². The molecule has 3 aliphatic rings. The van der Waals surface area contributed by atoms with Gasteiger partial charge in [-0.3, -0.25) is 4.79 Å².